The molecule has 0 amide bonds. The number of hydrogen-bond donors (Lipinski definition) is 2. The van der Waals surface area contributed by atoms with Crippen molar-refractivity contribution in [1.29, 1.82) is 5.41 Å². The van der Waals surface area contributed by atoms with Crippen molar-refractivity contribution in [2.24, 2.45) is 5.73 Å². The Morgan fingerprint density at radius 2 is 2.22 bits per heavy atom. The standard InChI is InChI=1S/C12H17N3O3/c1-9-10(15(16)17)5-4-6-11(9)18-8-3-2-7-12(13)14/h4-6H,2-3,7-8H2,1H3,(H3,13,14). The number of nitro benzene ring substituents is 1. The molecule has 1 aromatic rings. The molecule has 1 rings (SSSR count). The fourth-order valence-corrected chi connectivity index (χ4v) is 1.56. The zero-order valence-electron chi connectivity index (χ0n) is 10.3. The number of nitrogens with two attached hydrogens (primary N) is 1. The molecule has 18 heavy (non-hydrogen) atoms. The number of rotatable bonds is 7. The molecule has 98 valence electrons. The van der Waals surface area contributed by atoms with E-state index in [1.54, 1.807) is 19.1 Å². The van der Waals surface area contributed by atoms with E-state index in [4.69, 9.17) is 15.9 Å². The lowest BCUT2D eigenvalue weighted by Gasteiger charge is -2.08. The maximum absolute atomic E-state index is 10.7. The summed E-state index contributed by atoms with van der Waals surface area (Å²) in [6, 6.07) is 4.78. The van der Waals surface area contributed by atoms with Crippen molar-refractivity contribution in [2.75, 3.05) is 6.61 Å². The van der Waals surface area contributed by atoms with Gasteiger partial charge in [0.05, 0.1) is 22.9 Å². The number of nitrogens with zero attached hydrogens (tertiary/aromatic N) is 1. The average Bonchev–Trinajstić information content (AvgIpc) is 2.30. The topological polar surface area (TPSA) is 102 Å². The Balaban J connectivity index is 2.50. The Bertz CT molecular complexity index is 446. The summed E-state index contributed by atoms with van der Waals surface area (Å²) in [6.45, 7) is 2.14. The molecule has 0 aliphatic heterocycles. The van der Waals surface area contributed by atoms with Crippen LogP contribution in [0.1, 0.15) is 24.8 Å². The molecule has 1 aromatic carbocycles. The smallest absolute Gasteiger partial charge is 0.276 e. The van der Waals surface area contributed by atoms with Gasteiger partial charge in [-0.15, -0.1) is 0 Å². The van der Waals surface area contributed by atoms with Crippen LogP contribution in [0.25, 0.3) is 0 Å². The van der Waals surface area contributed by atoms with Crippen LogP contribution in [-0.4, -0.2) is 17.4 Å². The van der Waals surface area contributed by atoms with E-state index in [-0.39, 0.29) is 11.5 Å². The molecule has 6 heteroatoms. The summed E-state index contributed by atoms with van der Waals surface area (Å²) >= 11 is 0. The van der Waals surface area contributed by atoms with E-state index in [2.05, 4.69) is 0 Å². The van der Waals surface area contributed by atoms with E-state index in [1.807, 2.05) is 0 Å². The summed E-state index contributed by atoms with van der Waals surface area (Å²) in [5.74, 6) is 0.702. The molecule has 3 N–H and O–H groups in total. The highest BCUT2D eigenvalue weighted by Gasteiger charge is 2.13. The molecule has 0 aliphatic rings. The highest BCUT2D eigenvalue weighted by Crippen LogP contribution is 2.27. The van der Waals surface area contributed by atoms with Gasteiger partial charge in [0.1, 0.15) is 5.75 Å². The molecule has 0 aromatic heterocycles. The predicted octanol–water partition coefficient (Wildman–Crippen LogP) is 2.39. The van der Waals surface area contributed by atoms with Crippen LogP contribution in [0.2, 0.25) is 0 Å². The highest BCUT2D eigenvalue weighted by atomic mass is 16.6. The van der Waals surface area contributed by atoms with Crippen LogP contribution in [0.5, 0.6) is 5.75 Å². The minimum absolute atomic E-state index is 0.0660. The molecular formula is C12H17N3O3. The monoisotopic (exact) mass is 251 g/mol. The molecule has 0 unspecified atom stereocenters. The number of hydrogen-bond acceptors (Lipinski definition) is 4. The van der Waals surface area contributed by atoms with E-state index in [1.165, 1.54) is 6.07 Å². The van der Waals surface area contributed by atoms with Crippen molar-refractivity contribution in [3.05, 3.63) is 33.9 Å². The van der Waals surface area contributed by atoms with E-state index < -0.39 is 4.92 Å². The van der Waals surface area contributed by atoms with Gasteiger partial charge in [0.15, 0.2) is 0 Å². The number of nitrogens with one attached hydrogen (secondary N) is 1. The highest BCUT2D eigenvalue weighted by molar-refractivity contribution is 5.76. The van der Waals surface area contributed by atoms with Crippen LogP contribution < -0.4 is 10.5 Å². The summed E-state index contributed by atoms with van der Waals surface area (Å²) in [5.41, 5.74) is 5.83. The second-order valence-corrected chi connectivity index (χ2v) is 3.99. The third-order valence-corrected chi connectivity index (χ3v) is 2.55. The lowest BCUT2D eigenvalue weighted by atomic mass is 10.2. The quantitative estimate of drug-likeness (QED) is 0.255. The summed E-state index contributed by atoms with van der Waals surface area (Å²) in [5, 5.41) is 17.8. The van der Waals surface area contributed by atoms with E-state index in [9.17, 15) is 10.1 Å². The summed E-state index contributed by atoms with van der Waals surface area (Å²) in [4.78, 5) is 10.3. The first kappa shape index (κ1) is 14.0. The number of benzene rings is 1. The molecule has 0 atom stereocenters. The fraction of sp³-hybridized carbons (Fsp3) is 0.417. The molecule has 0 fully saturated rings. The molecule has 0 aliphatic carbocycles. The van der Waals surface area contributed by atoms with E-state index >= 15 is 0 Å². The van der Waals surface area contributed by atoms with Crippen molar-refractivity contribution in [1.82, 2.24) is 0 Å². The van der Waals surface area contributed by atoms with Crippen LogP contribution in [-0.2, 0) is 0 Å². The zero-order valence-corrected chi connectivity index (χ0v) is 10.3. The Kier molecular flexibility index (Phi) is 5.10. The van der Waals surface area contributed by atoms with Crippen LogP contribution in [0.15, 0.2) is 18.2 Å². The second kappa shape index (κ2) is 6.58. The number of unbranched alkanes of at least 4 members (excludes halogenated alkanes) is 1. The maximum Gasteiger partial charge on any atom is 0.276 e. The Morgan fingerprint density at radius 1 is 1.50 bits per heavy atom. The third-order valence-electron chi connectivity index (χ3n) is 2.55. The molecule has 0 spiro atoms. The largest absolute Gasteiger partial charge is 0.493 e. The number of amidine groups is 1. The maximum atomic E-state index is 10.7. The van der Waals surface area contributed by atoms with Crippen LogP contribution in [0.3, 0.4) is 0 Å². The zero-order chi connectivity index (χ0) is 13.5. The van der Waals surface area contributed by atoms with Gasteiger partial charge in [-0.2, -0.15) is 0 Å². The SMILES string of the molecule is Cc1c(OCCCCC(=N)N)cccc1[N+](=O)[O-]. The summed E-state index contributed by atoms with van der Waals surface area (Å²) in [6.07, 6.45) is 2.10. The van der Waals surface area contributed by atoms with Gasteiger partial charge in [0.25, 0.3) is 5.69 Å². The third kappa shape index (κ3) is 4.04. The molecule has 6 nitrogen and oxygen atoms in total. The predicted molar refractivity (Wildman–Crippen MR) is 69.1 cm³/mol. The fourth-order valence-electron chi connectivity index (χ4n) is 1.56. The molecule has 0 saturated carbocycles. The summed E-state index contributed by atoms with van der Waals surface area (Å²) in [7, 11) is 0. The average molecular weight is 251 g/mol. The molecule has 0 radical (unpaired) electrons. The minimum atomic E-state index is -0.419. The lowest BCUT2D eigenvalue weighted by Crippen LogP contribution is -2.09. The Labute approximate surface area is 105 Å². The van der Waals surface area contributed by atoms with E-state index in [0.717, 1.165) is 12.8 Å². The van der Waals surface area contributed by atoms with Crippen molar-refractivity contribution in [3.63, 3.8) is 0 Å². The van der Waals surface area contributed by atoms with Gasteiger partial charge in [-0.05, 0) is 25.8 Å². The van der Waals surface area contributed by atoms with Crippen molar-refractivity contribution >= 4 is 11.5 Å². The van der Waals surface area contributed by atoms with Gasteiger partial charge in [-0.3, -0.25) is 15.5 Å². The van der Waals surface area contributed by atoms with Crippen LogP contribution >= 0.6 is 0 Å². The van der Waals surface area contributed by atoms with Gasteiger partial charge in [-0.1, -0.05) is 6.07 Å². The van der Waals surface area contributed by atoms with Crippen molar-refractivity contribution in [2.45, 2.75) is 26.2 Å². The van der Waals surface area contributed by atoms with Gasteiger partial charge >= 0.3 is 0 Å². The first-order valence-electron chi connectivity index (χ1n) is 5.72. The first-order chi connectivity index (χ1) is 8.52. The van der Waals surface area contributed by atoms with E-state index in [0.29, 0.717) is 24.3 Å². The van der Waals surface area contributed by atoms with Gasteiger partial charge in [0.2, 0.25) is 0 Å². The van der Waals surface area contributed by atoms with Crippen molar-refractivity contribution in [3.8, 4) is 5.75 Å². The Morgan fingerprint density at radius 3 is 2.83 bits per heavy atom. The molecule has 0 heterocycles. The number of ether oxygens (including phenoxy) is 1. The lowest BCUT2D eigenvalue weighted by molar-refractivity contribution is -0.385. The van der Waals surface area contributed by atoms with Crippen LogP contribution in [0, 0.1) is 22.4 Å². The summed E-state index contributed by atoms with van der Waals surface area (Å²) < 4.78 is 5.49. The van der Waals surface area contributed by atoms with Gasteiger partial charge in [0, 0.05) is 12.5 Å². The molecule has 0 bridgehead atoms. The molecule has 0 saturated heterocycles. The second-order valence-electron chi connectivity index (χ2n) is 3.99. The first-order valence-corrected chi connectivity index (χ1v) is 5.72. The molecular weight excluding hydrogens is 234 g/mol. The Hall–Kier alpha value is -2.11. The van der Waals surface area contributed by atoms with Gasteiger partial charge in [-0.25, -0.2) is 0 Å². The number of nitro groups is 1. The normalized spacial score (nSPS) is 10.1. The van der Waals surface area contributed by atoms with Crippen LogP contribution in [0.4, 0.5) is 5.69 Å². The van der Waals surface area contributed by atoms with Gasteiger partial charge < -0.3 is 10.5 Å². The van der Waals surface area contributed by atoms with Crippen molar-refractivity contribution < 1.29 is 9.66 Å². The minimum Gasteiger partial charge on any atom is -0.493 e.